The Kier molecular flexibility index (Phi) is 5.65. The van der Waals surface area contributed by atoms with Crippen molar-refractivity contribution >= 4 is 22.6 Å². The van der Waals surface area contributed by atoms with Gasteiger partial charge in [-0.3, -0.25) is 9.88 Å². The number of rotatable bonds is 4. The topological polar surface area (TPSA) is 66.2 Å². The lowest BCUT2D eigenvalue weighted by molar-refractivity contribution is 0.0584. The quantitative estimate of drug-likeness (QED) is 0.539. The zero-order valence-electron chi connectivity index (χ0n) is 16.8. The fourth-order valence-corrected chi connectivity index (χ4v) is 3.00. The lowest BCUT2D eigenvalue weighted by Crippen LogP contribution is -2.38. The number of carbonyl (C=O) groups excluding carboxylic acids is 1. The molecule has 3 rings (SSSR count). The number of hydrogen-bond acceptors (Lipinski definition) is 4. The van der Waals surface area contributed by atoms with E-state index in [2.05, 4.69) is 11.6 Å². The van der Waals surface area contributed by atoms with Gasteiger partial charge < -0.3 is 4.74 Å². The van der Waals surface area contributed by atoms with Gasteiger partial charge in [0.05, 0.1) is 18.3 Å². The van der Waals surface area contributed by atoms with Crippen molar-refractivity contribution in [2.24, 2.45) is 0 Å². The minimum Gasteiger partial charge on any atom is -0.443 e. The van der Waals surface area contributed by atoms with Gasteiger partial charge in [0, 0.05) is 28.9 Å². The van der Waals surface area contributed by atoms with Crippen molar-refractivity contribution in [2.45, 2.75) is 26.4 Å². The predicted molar refractivity (Wildman–Crippen MR) is 116 cm³/mol. The Bertz CT molecular complexity index is 1090. The normalized spacial score (nSPS) is 11.0. The molecule has 1 heterocycles. The third kappa shape index (κ3) is 4.80. The first kappa shape index (κ1) is 20.1. The van der Waals surface area contributed by atoms with Crippen LogP contribution in [0.1, 0.15) is 20.8 Å². The zero-order chi connectivity index (χ0) is 21.0. The van der Waals surface area contributed by atoms with Crippen molar-refractivity contribution in [3.05, 3.63) is 73.1 Å². The molecule has 0 atom stereocenters. The van der Waals surface area contributed by atoms with Gasteiger partial charge >= 0.3 is 6.09 Å². The van der Waals surface area contributed by atoms with E-state index >= 15 is 0 Å². The van der Waals surface area contributed by atoms with E-state index in [0.29, 0.717) is 5.69 Å². The summed E-state index contributed by atoms with van der Waals surface area (Å²) in [5.41, 5.74) is 2.25. The van der Waals surface area contributed by atoms with E-state index < -0.39 is 11.7 Å². The zero-order valence-corrected chi connectivity index (χ0v) is 16.8. The van der Waals surface area contributed by atoms with E-state index in [1.807, 2.05) is 75.4 Å². The molecular weight excluding hydrogens is 362 g/mol. The third-order valence-electron chi connectivity index (χ3n) is 4.27. The lowest BCUT2D eigenvalue weighted by atomic mass is 10.0. The highest BCUT2D eigenvalue weighted by molar-refractivity contribution is 6.03. The number of amides is 1. The smallest absolute Gasteiger partial charge is 0.415 e. The molecule has 0 fully saturated rings. The maximum absolute atomic E-state index is 13.0. The van der Waals surface area contributed by atoms with Crippen LogP contribution in [0, 0.1) is 11.3 Å². The molecular formula is C24H23N3O2. The van der Waals surface area contributed by atoms with Gasteiger partial charge in [-0.25, -0.2) is 4.79 Å². The molecule has 0 bridgehead atoms. The summed E-state index contributed by atoms with van der Waals surface area (Å²) >= 11 is 0. The number of ether oxygens (including phenoxy) is 1. The number of aromatic nitrogens is 1. The Morgan fingerprint density at radius 1 is 1.17 bits per heavy atom. The van der Waals surface area contributed by atoms with Crippen molar-refractivity contribution < 1.29 is 9.53 Å². The van der Waals surface area contributed by atoms with Crippen LogP contribution in [-0.2, 0) is 4.74 Å². The predicted octanol–water partition coefficient (Wildman–Crippen LogP) is 5.72. The molecule has 0 saturated carbocycles. The largest absolute Gasteiger partial charge is 0.443 e. The van der Waals surface area contributed by atoms with Gasteiger partial charge in [-0.1, -0.05) is 36.9 Å². The fraction of sp³-hybridized carbons (Fsp3) is 0.208. The third-order valence-corrected chi connectivity index (χ3v) is 4.27. The minimum absolute atomic E-state index is 0.0572. The van der Waals surface area contributed by atoms with Crippen LogP contribution < -0.4 is 4.90 Å². The average Bonchev–Trinajstić information content (AvgIpc) is 2.70. The molecule has 0 unspecified atom stereocenters. The number of nitriles is 1. The van der Waals surface area contributed by atoms with Crippen molar-refractivity contribution in [2.75, 3.05) is 11.4 Å². The van der Waals surface area contributed by atoms with Gasteiger partial charge in [-0.05, 0) is 49.9 Å². The number of hydrogen-bond donors (Lipinski definition) is 0. The molecule has 1 amide bonds. The molecule has 1 aromatic heterocycles. The average molecular weight is 385 g/mol. The summed E-state index contributed by atoms with van der Waals surface area (Å²) in [6, 6.07) is 17.7. The first-order valence-corrected chi connectivity index (χ1v) is 9.30. The highest BCUT2D eigenvalue weighted by atomic mass is 16.6. The molecule has 0 N–H and O–H groups in total. The van der Waals surface area contributed by atoms with E-state index in [1.54, 1.807) is 12.4 Å². The monoisotopic (exact) mass is 385 g/mol. The van der Waals surface area contributed by atoms with Gasteiger partial charge in [0.2, 0.25) is 0 Å². The Labute approximate surface area is 170 Å². The number of pyridine rings is 1. The maximum atomic E-state index is 13.0. The summed E-state index contributed by atoms with van der Waals surface area (Å²) in [5, 5.41) is 11.1. The van der Waals surface area contributed by atoms with Crippen molar-refractivity contribution in [3.63, 3.8) is 0 Å². The van der Waals surface area contributed by atoms with E-state index in [-0.39, 0.29) is 12.1 Å². The first-order valence-electron chi connectivity index (χ1n) is 9.30. The highest BCUT2D eigenvalue weighted by Crippen LogP contribution is 2.32. The Morgan fingerprint density at radius 3 is 2.62 bits per heavy atom. The molecule has 0 radical (unpaired) electrons. The Hall–Kier alpha value is -3.65. The standard InChI is InChI=1S/C24H23N3O2/c1-17(14-25)16-27(23(28)29-24(2,3)4)22-9-5-7-18-10-11-19(13-21(18)22)20-8-6-12-26-15-20/h5-13,15H,1,16H2,2-4H3. The molecule has 0 spiro atoms. The first-order chi connectivity index (χ1) is 13.8. The SMILES string of the molecule is C=C(C#N)CN(C(=O)OC(C)(C)C)c1cccc2ccc(-c3cccnc3)cc12. The Morgan fingerprint density at radius 2 is 1.97 bits per heavy atom. The number of nitrogens with zero attached hydrogens (tertiary/aromatic N) is 3. The molecule has 5 nitrogen and oxygen atoms in total. The molecule has 0 aliphatic carbocycles. The van der Waals surface area contributed by atoms with Crippen LogP contribution in [0.2, 0.25) is 0 Å². The summed E-state index contributed by atoms with van der Waals surface area (Å²) < 4.78 is 5.59. The van der Waals surface area contributed by atoms with Gasteiger partial charge in [-0.15, -0.1) is 0 Å². The second kappa shape index (κ2) is 8.15. The van der Waals surface area contributed by atoms with E-state index in [1.165, 1.54) is 4.90 Å². The summed E-state index contributed by atoms with van der Waals surface area (Å²) in [5.74, 6) is 0. The van der Waals surface area contributed by atoms with Crippen molar-refractivity contribution in [3.8, 4) is 17.2 Å². The number of anilines is 1. The number of benzene rings is 2. The molecule has 0 aliphatic rings. The Balaban J connectivity index is 2.13. The number of fused-ring (bicyclic) bond motifs is 1. The van der Waals surface area contributed by atoms with Gasteiger partial charge in [0.15, 0.2) is 0 Å². The lowest BCUT2D eigenvalue weighted by Gasteiger charge is -2.28. The van der Waals surface area contributed by atoms with Crippen LogP contribution in [0.4, 0.5) is 10.5 Å². The second-order valence-electron chi connectivity index (χ2n) is 7.74. The highest BCUT2D eigenvalue weighted by Gasteiger charge is 2.25. The van der Waals surface area contributed by atoms with E-state index in [4.69, 9.17) is 4.74 Å². The van der Waals surface area contributed by atoms with Crippen LogP contribution in [0.5, 0.6) is 0 Å². The van der Waals surface area contributed by atoms with Gasteiger partial charge in [0.25, 0.3) is 0 Å². The molecule has 29 heavy (non-hydrogen) atoms. The maximum Gasteiger partial charge on any atom is 0.415 e. The fourth-order valence-electron chi connectivity index (χ4n) is 3.00. The molecule has 0 saturated heterocycles. The minimum atomic E-state index is -0.658. The summed E-state index contributed by atoms with van der Waals surface area (Å²) in [7, 11) is 0. The van der Waals surface area contributed by atoms with E-state index in [0.717, 1.165) is 21.9 Å². The van der Waals surface area contributed by atoms with Gasteiger partial charge in [0.1, 0.15) is 5.60 Å². The second-order valence-corrected chi connectivity index (χ2v) is 7.74. The van der Waals surface area contributed by atoms with Crippen molar-refractivity contribution in [1.82, 2.24) is 4.98 Å². The molecule has 2 aromatic carbocycles. The molecule has 3 aromatic rings. The van der Waals surface area contributed by atoms with Crippen LogP contribution in [0.15, 0.2) is 73.1 Å². The molecule has 0 aliphatic heterocycles. The summed E-state index contributed by atoms with van der Waals surface area (Å²) in [6.07, 6.45) is 3.01. The summed E-state index contributed by atoms with van der Waals surface area (Å²) in [4.78, 5) is 18.6. The van der Waals surface area contributed by atoms with Crippen LogP contribution in [0.25, 0.3) is 21.9 Å². The molecule has 146 valence electrons. The van der Waals surface area contributed by atoms with Crippen molar-refractivity contribution in [1.29, 1.82) is 5.26 Å². The molecule has 5 heteroatoms. The van der Waals surface area contributed by atoms with E-state index in [9.17, 15) is 10.1 Å². The van der Waals surface area contributed by atoms with Gasteiger partial charge in [-0.2, -0.15) is 5.26 Å². The van der Waals surface area contributed by atoms with Crippen LogP contribution >= 0.6 is 0 Å². The van der Waals surface area contributed by atoms with Crippen LogP contribution in [-0.4, -0.2) is 23.2 Å². The summed E-state index contributed by atoms with van der Waals surface area (Å²) in [6.45, 7) is 9.23. The van der Waals surface area contributed by atoms with Crippen LogP contribution in [0.3, 0.4) is 0 Å². The number of carbonyl (C=O) groups is 1.